The van der Waals surface area contributed by atoms with Crippen molar-refractivity contribution in [3.63, 3.8) is 0 Å². The molecule has 1 amide bonds. The van der Waals surface area contributed by atoms with Crippen molar-refractivity contribution in [3.05, 3.63) is 58.9 Å². The first-order valence-corrected chi connectivity index (χ1v) is 13.6. The zero-order valence-electron chi connectivity index (χ0n) is 24.5. The molecule has 7 heteroatoms. The predicted molar refractivity (Wildman–Crippen MR) is 153 cm³/mol. The predicted octanol–water partition coefficient (Wildman–Crippen LogP) is 6.05. The number of ether oxygens (including phenoxy) is 1. The van der Waals surface area contributed by atoms with E-state index in [4.69, 9.17) is 9.72 Å². The number of likely N-dealkylation sites (tertiary alicyclic amines) is 1. The number of carbonyl (C=O) groups is 2. The summed E-state index contributed by atoms with van der Waals surface area (Å²) in [6, 6.07) is 8.85. The van der Waals surface area contributed by atoms with Crippen LogP contribution < -0.4 is 4.74 Å². The number of amides is 1. The molecule has 1 aliphatic heterocycles. The number of aryl methyl sites for hydroxylation is 1. The molecule has 0 radical (unpaired) electrons. The lowest BCUT2D eigenvalue weighted by atomic mass is 9.76. The quantitative estimate of drug-likeness (QED) is 0.364. The van der Waals surface area contributed by atoms with Gasteiger partial charge in [-0.3, -0.25) is 9.59 Å². The highest BCUT2D eigenvalue weighted by atomic mass is 16.5. The summed E-state index contributed by atoms with van der Waals surface area (Å²) in [4.78, 5) is 33.4. The molecule has 3 heterocycles. The molecule has 1 aromatic carbocycles. The number of hydrogen-bond donors (Lipinski definition) is 0. The third-order valence-corrected chi connectivity index (χ3v) is 8.46. The Morgan fingerprint density at radius 2 is 2.00 bits per heavy atom. The molecule has 39 heavy (non-hydrogen) atoms. The van der Waals surface area contributed by atoms with Crippen molar-refractivity contribution in [1.82, 2.24) is 14.5 Å². The molecule has 1 saturated heterocycles. The van der Waals surface area contributed by atoms with Gasteiger partial charge < -0.3 is 14.2 Å². The van der Waals surface area contributed by atoms with Gasteiger partial charge in [0.1, 0.15) is 11.4 Å². The number of benzene rings is 1. The van der Waals surface area contributed by atoms with Crippen molar-refractivity contribution < 1.29 is 14.3 Å². The number of aromatic nitrogens is 2. The van der Waals surface area contributed by atoms with Gasteiger partial charge in [-0.15, -0.1) is 0 Å². The highest BCUT2D eigenvalue weighted by Gasteiger charge is 2.42. The maximum atomic E-state index is 13.5. The van der Waals surface area contributed by atoms with Crippen LogP contribution in [0.15, 0.2) is 36.7 Å². The number of Topliss-reactive ketones (excluding diaryl/α,β-unsaturated/α-hetero) is 1. The molecule has 0 unspecified atom stereocenters. The van der Waals surface area contributed by atoms with Gasteiger partial charge in [0.05, 0.1) is 24.1 Å². The van der Waals surface area contributed by atoms with Crippen LogP contribution in [0.3, 0.4) is 0 Å². The number of nitrogens with zero attached hydrogens (tertiary/aromatic N) is 4. The molecule has 7 nitrogen and oxygen atoms in total. The fourth-order valence-corrected chi connectivity index (χ4v) is 5.77. The summed E-state index contributed by atoms with van der Waals surface area (Å²) in [5.74, 6) is 0.933. The monoisotopic (exact) mass is 528 g/mol. The molecule has 0 aliphatic carbocycles. The molecule has 2 aromatic heterocycles. The standard InChI is InChI=1S/C32H40N4O3/c1-20(31(2,3)4)30(38)36-13-12-23(16-32(36,5)6)25-19-35(7)29-27(25)28(39-8)24(18-34-29)15-26(37)22-11-9-10-21(14-22)17-33/h9-11,14,18-20,23H,12-13,15-16H2,1-8H3/t20-,23-/m1/s1. The molecule has 0 bridgehead atoms. The Balaban J connectivity index is 1.68. The Bertz CT molecular complexity index is 1450. The van der Waals surface area contributed by atoms with Crippen LogP contribution in [-0.4, -0.2) is 45.3 Å². The molecular formula is C32H40N4O3. The summed E-state index contributed by atoms with van der Waals surface area (Å²) in [6.45, 7) is 13.4. The van der Waals surface area contributed by atoms with Crippen molar-refractivity contribution in [2.45, 2.75) is 72.3 Å². The fourth-order valence-electron chi connectivity index (χ4n) is 5.77. The number of methoxy groups -OCH3 is 1. The Kier molecular flexibility index (Phi) is 7.62. The van der Waals surface area contributed by atoms with E-state index in [1.54, 1.807) is 37.6 Å². The van der Waals surface area contributed by atoms with E-state index in [1.165, 1.54) is 0 Å². The first-order valence-electron chi connectivity index (χ1n) is 13.6. The largest absolute Gasteiger partial charge is 0.496 e. The van der Waals surface area contributed by atoms with Gasteiger partial charge in [0.2, 0.25) is 5.91 Å². The van der Waals surface area contributed by atoms with Crippen LogP contribution in [0.25, 0.3) is 11.0 Å². The molecule has 206 valence electrons. The maximum absolute atomic E-state index is 13.5. The smallest absolute Gasteiger partial charge is 0.226 e. The lowest BCUT2D eigenvalue weighted by Gasteiger charge is -2.48. The highest BCUT2D eigenvalue weighted by Crippen LogP contribution is 2.44. The summed E-state index contributed by atoms with van der Waals surface area (Å²) < 4.78 is 7.96. The van der Waals surface area contributed by atoms with Gasteiger partial charge >= 0.3 is 0 Å². The second-order valence-electron chi connectivity index (χ2n) is 12.6. The normalized spacial score (nSPS) is 18.0. The SMILES string of the molecule is COc1c(CC(=O)c2cccc(C#N)c2)cnc2c1c([C@@H]1CCN(C(=O)[C@@H](C)C(C)(C)C)C(C)(C)C1)cn2C. The molecule has 0 spiro atoms. The Morgan fingerprint density at radius 1 is 1.28 bits per heavy atom. The van der Waals surface area contributed by atoms with Crippen molar-refractivity contribution in [2.75, 3.05) is 13.7 Å². The van der Waals surface area contributed by atoms with Crippen molar-refractivity contribution in [3.8, 4) is 11.8 Å². The number of ketones is 1. The Morgan fingerprint density at radius 3 is 2.62 bits per heavy atom. The van der Waals surface area contributed by atoms with Gasteiger partial charge in [0, 0.05) is 55.0 Å². The second kappa shape index (κ2) is 10.5. The van der Waals surface area contributed by atoms with Gasteiger partial charge in [-0.1, -0.05) is 39.8 Å². The molecular weight excluding hydrogens is 488 g/mol. The van der Waals surface area contributed by atoms with E-state index in [9.17, 15) is 14.9 Å². The van der Waals surface area contributed by atoms with Gasteiger partial charge in [0.25, 0.3) is 0 Å². The van der Waals surface area contributed by atoms with Crippen molar-refractivity contribution in [2.24, 2.45) is 18.4 Å². The summed E-state index contributed by atoms with van der Waals surface area (Å²) in [7, 11) is 3.61. The topological polar surface area (TPSA) is 88.2 Å². The summed E-state index contributed by atoms with van der Waals surface area (Å²) in [6.07, 6.45) is 5.63. The van der Waals surface area contributed by atoms with E-state index < -0.39 is 0 Å². The van der Waals surface area contributed by atoms with Crippen LogP contribution in [0.4, 0.5) is 0 Å². The molecule has 2 atom stereocenters. The first kappa shape index (κ1) is 28.4. The average Bonchev–Trinajstić information content (AvgIpc) is 3.23. The summed E-state index contributed by atoms with van der Waals surface area (Å²) >= 11 is 0. The van der Waals surface area contributed by atoms with Crippen LogP contribution in [0, 0.1) is 22.7 Å². The number of fused-ring (bicyclic) bond motifs is 1. The number of rotatable bonds is 6. The van der Waals surface area contributed by atoms with Crippen LogP contribution >= 0.6 is 0 Å². The molecule has 3 aromatic rings. The average molecular weight is 529 g/mol. The molecule has 1 fully saturated rings. The van der Waals surface area contributed by atoms with E-state index >= 15 is 0 Å². The Labute approximate surface area is 231 Å². The molecule has 0 N–H and O–H groups in total. The third-order valence-electron chi connectivity index (χ3n) is 8.46. The number of nitriles is 1. The maximum Gasteiger partial charge on any atom is 0.226 e. The van der Waals surface area contributed by atoms with E-state index in [2.05, 4.69) is 51.8 Å². The number of carbonyl (C=O) groups excluding carboxylic acids is 2. The highest BCUT2D eigenvalue weighted by molar-refractivity contribution is 5.99. The van der Waals surface area contributed by atoms with Gasteiger partial charge in [-0.05, 0) is 55.7 Å². The van der Waals surface area contributed by atoms with Gasteiger partial charge in [-0.25, -0.2) is 4.98 Å². The van der Waals surface area contributed by atoms with Crippen molar-refractivity contribution in [1.29, 1.82) is 5.26 Å². The van der Waals surface area contributed by atoms with E-state index in [1.807, 2.05) is 18.5 Å². The van der Waals surface area contributed by atoms with Crippen molar-refractivity contribution >= 4 is 22.7 Å². The second-order valence-corrected chi connectivity index (χ2v) is 12.6. The third kappa shape index (κ3) is 5.43. The number of piperidine rings is 1. The van der Waals surface area contributed by atoms with Crippen LogP contribution in [0.1, 0.15) is 87.4 Å². The van der Waals surface area contributed by atoms with Gasteiger partial charge in [0.15, 0.2) is 5.78 Å². The fraction of sp³-hybridized carbons (Fsp3) is 0.500. The van der Waals surface area contributed by atoms with Gasteiger partial charge in [-0.2, -0.15) is 5.26 Å². The lowest BCUT2D eigenvalue weighted by Crippen LogP contribution is -2.55. The molecule has 1 aliphatic rings. The zero-order valence-corrected chi connectivity index (χ0v) is 24.5. The molecule has 0 saturated carbocycles. The van der Waals surface area contributed by atoms with E-state index in [-0.39, 0.29) is 40.9 Å². The lowest BCUT2D eigenvalue weighted by molar-refractivity contribution is -0.146. The summed E-state index contributed by atoms with van der Waals surface area (Å²) in [5, 5.41) is 10.2. The van der Waals surface area contributed by atoms with Crippen LogP contribution in [0.5, 0.6) is 5.75 Å². The zero-order chi connectivity index (χ0) is 28.7. The Hall–Kier alpha value is -3.66. The minimum absolute atomic E-state index is 0.0656. The minimum Gasteiger partial charge on any atom is -0.496 e. The van der Waals surface area contributed by atoms with Crippen LogP contribution in [-0.2, 0) is 18.3 Å². The number of hydrogen-bond acceptors (Lipinski definition) is 5. The number of pyridine rings is 1. The minimum atomic E-state index is -0.304. The van der Waals surface area contributed by atoms with E-state index in [0.29, 0.717) is 23.4 Å². The van der Waals surface area contributed by atoms with Crippen LogP contribution in [0.2, 0.25) is 0 Å². The first-order chi connectivity index (χ1) is 18.3. The van der Waals surface area contributed by atoms with E-state index in [0.717, 1.165) is 35.0 Å². The molecule has 4 rings (SSSR count). The summed E-state index contributed by atoms with van der Waals surface area (Å²) in [5.41, 5.74) is 3.22.